The molecule has 0 saturated heterocycles. The van der Waals surface area contributed by atoms with Crippen LogP contribution in [0.15, 0.2) is 30.4 Å². The summed E-state index contributed by atoms with van der Waals surface area (Å²) in [5, 5.41) is 16.7. The maximum absolute atomic E-state index is 12.8. The summed E-state index contributed by atoms with van der Waals surface area (Å²) in [5.41, 5.74) is 0.915. The molecular formula is C24H34Cl2N2O5. The number of aliphatic carboxylic acids is 2. The van der Waals surface area contributed by atoms with E-state index in [0.29, 0.717) is 40.7 Å². The third-order valence-electron chi connectivity index (χ3n) is 5.72. The van der Waals surface area contributed by atoms with Crippen LogP contribution in [0.4, 0.5) is 0 Å². The van der Waals surface area contributed by atoms with Crippen LogP contribution in [-0.2, 0) is 20.8 Å². The van der Waals surface area contributed by atoms with Gasteiger partial charge >= 0.3 is 11.9 Å². The minimum absolute atomic E-state index is 0.152. The van der Waals surface area contributed by atoms with E-state index in [1.165, 1.54) is 32.1 Å². The number of likely N-dealkylation sites (N-methyl/N-ethyl adjacent to an activating group) is 2. The molecule has 33 heavy (non-hydrogen) atoms. The third kappa shape index (κ3) is 10.6. The number of carbonyl (C=O) groups excluding carboxylic acids is 1. The van der Waals surface area contributed by atoms with Gasteiger partial charge in [-0.1, -0.05) is 55.5 Å². The van der Waals surface area contributed by atoms with E-state index in [1.54, 1.807) is 12.1 Å². The second-order valence-electron chi connectivity index (χ2n) is 8.19. The summed E-state index contributed by atoms with van der Waals surface area (Å²) in [7, 11) is 4.16. The Morgan fingerprint density at radius 3 is 2.09 bits per heavy atom. The Morgan fingerprint density at radius 2 is 1.58 bits per heavy atom. The van der Waals surface area contributed by atoms with E-state index in [4.69, 9.17) is 33.4 Å². The molecule has 0 bridgehead atoms. The predicted molar refractivity (Wildman–Crippen MR) is 131 cm³/mol. The summed E-state index contributed by atoms with van der Waals surface area (Å²) in [6.45, 7) is 3.32. The maximum Gasteiger partial charge on any atom is 0.328 e. The highest BCUT2D eigenvalue weighted by Gasteiger charge is 2.32. The van der Waals surface area contributed by atoms with Gasteiger partial charge in [0.15, 0.2) is 0 Å². The number of unbranched alkanes of at least 4 members (excludes halogenated alkanes) is 1. The van der Waals surface area contributed by atoms with E-state index in [1.807, 2.05) is 18.0 Å². The van der Waals surface area contributed by atoms with Gasteiger partial charge in [-0.3, -0.25) is 4.79 Å². The minimum Gasteiger partial charge on any atom is -0.478 e. The van der Waals surface area contributed by atoms with Gasteiger partial charge < -0.3 is 20.0 Å². The molecule has 2 N–H and O–H groups in total. The average molecular weight is 501 g/mol. The molecule has 0 spiro atoms. The van der Waals surface area contributed by atoms with Crippen LogP contribution in [0.5, 0.6) is 0 Å². The number of amides is 1. The lowest BCUT2D eigenvalue weighted by Crippen LogP contribution is -2.53. The second kappa shape index (κ2) is 14.9. The van der Waals surface area contributed by atoms with E-state index < -0.39 is 11.9 Å². The van der Waals surface area contributed by atoms with Gasteiger partial charge in [-0.25, -0.2) is 9.59 Å². The van der Waals surface area contributed by atoms with Crippen LogP contribution in [-0.4, -0.2) is 70.6 Å². The fraction of sp³-hybridized carbons (Fsp3) is 0.542. The van der Waals surface area contributed by atoms with E-state index >= 15 is 0 Å². The Bertz CT molecular complexity index is 815. The van der Waals surface area contributed by atoms with Crippen molar-refractivity contribution < 1.29 is 24.6 Å². The number of hydrogen-bond donors (Lipinski definition) is 2. The van der Waals surface area contributed by atoms with Crippen molar-refractivity contribution in [3.63, 3.8) is 0 Å². The Kier molecular flexibility index (Phi) is 13.1. The van der Waals surface area contributed by atoms with Crippen LogP contribution in [0.25, 0.3) is 0 Å². The van der Waals surface area contributed by atoms with Crippen LogP contribution in [0.2, 0.25) is 10.0 Å². The quantitative estimate of drug-likeness (QED) is 0.474. The Morgan fingerprint density at radius 1 is 1.00 bits per heavy atom. The summed E-state index contributed by atoms with van der Waals surface area (Å²) in [5.74, 6) is -2.36. The van der Waals surface area contributed by atoms with Crippen molar-refractivity contribution in [2.45, 2.75) is 64.0 Å². The lowest BCUT2D eigenvalue weighted by Gasteiger charge is -2.42. The summed E-state index contributed by atoms with van der Waals surface area (Å²) < 4.78 is 0. The molecule has 1 saturated carbocycles. The monoisotopic (exact) mass is 500 g/mol. The highest BCUT2D eigenvalue weighted by molar-refractivity contribution is 6.42. The minimum atomic E-state index is -1.26. The molecule has 1 amide bonds. The fourth-order valence-corrected chi connectivity index (χ4v) is 4.23. The van der Waals surface area contributed by atoms with E-state index in [9.17, 15) is 14.4 Å². The highest BCUT2D eigenvalue weighted by atomic mass is 35.5. The van der Waals surface area contributed by atoms with Crippen molar-refractivity contribution in [3.05, 3.63) is 46.0 Å². The summed E-state index contributed by atoms with van der Waals surface area (Å²) >= 11 is 12.0. The van der Waals surface area contributed by atoms with Gasteiger partial charge in [0, 0.05) is 31.3 Å². The molecule has 2 unspecified atom stereocenters. The number of carboxylic acids is 2. The van der Waals surface area contributed by atoms with Gasteiger partial charge in [-0.15, -0.1) is 0 Å². The largest absolute Gasteiger partial charge is 0.478 e. The number of carboxylic acid groups (broad SMARTS) is 2. The molecular weight excluding hydrogens is 467 g/mol. The summed E-state index contributed by atoms with van der Waals surface area (Å²) in [4.78, 5) is 36.4. The zero-order chi connectivity index (χ0) is 25.0. The zero-order valence-corrected chi connectivity index (χ0v) is 21.0. The van der Waals surface area contributed by atoms with Gasteiger partial charge in [0.2, 0.25) is 5.91 Å². The molecule has 9 heteroatoms. The van der Waals surface area contributed by atoms with Gasteiger partial charge in [-0.05, 0) is 50.6 Å². The second-order valence-corrected chi connectivity index (χ2v) is 9.01. The molecule has 1 aliphatic carbocycles. The van der Waals surface area contributed by atoms with Crippen LogP contribution in [0.1, 0.15) is 51.0 Å². The molecule has 1 fully saturated rings. The first kappa shape index (κ1) is 28.9. The predicted octanol–water partition coefficient (Wildman–Crippen LogP) is 4.75. The number of benzene rings is 1. The molecule has 0 heterocycles. The lowest BCUT2D eigenvalue weighted by molar-refractivity contribution is -0.134. The van der Waals surface area contributed by atoms with Crippen molar-refractivity contribution in [1.82, 2.24) is 9.80 Å². The van der Waals surface area contributed by atoms with Crippen LogP contribution in [0, 0.1) is 0 Å². The number of hydrogen-bond acceptors (Lipinski definition) is 4. The Labute approximate surface area is 206 Å². The maximum atomic E-state index is 12.8. The van der Waals surface area contributed by atoms with Gasteiger partial charge in [0.25, 0.3) is 0 Å². The fourth-order valence-electron chi connectivity index (χ4n) is 3.91. The first-order valence-corrected chi connectivity index (χ1v) is 11.9. The Hall–Kier alpha value is -2.09. The van der Waals surface area contributed by atoms with E-state index in [2.05, 4.69) is 18.9 Å². The number of halogens is 2. The van der Waals surface area contributed by atoms with Crippen molar-refractivity contribution in [2.24, 2.45) is 0 Å². The van der Waals surface area contributed by atoms with Crippen molar-refractivity contribution >= 4 is 41.0 Å². The molecule has 2 rings (SSSR count). The van der Waals surface area contributed by atoms with Crippen molar-refractivity contribution in [1.29, 1.82) is 0 Å². The summed E-state index contributed by atoms with van der Waals surface area (Å²) in [6.07, 6.45) is 8.62. The first-order valence-electron chi connectivity index (χ1n) is 11.1. The van der Waals surface area contributed by atoms with Gasteiger partial charge in [0.05, 0.1) is 16.5 Å². The molecule has 184 valence electrons. The van der Waals surface area contributed by atoms with Crippen molar-refractivity contribution in [3.8, 4) is 0 Å². The van der Waals surface area contributed by atoms with E-state index in [-0.39, 0.29) is 5.91 Å². The van der Waals surface area contributed by atoms with Crippen LogP contribution >= 0.6 is 23.2 Å². The molecule has 1 aliphatic rings. The van der Waals surface area contributed by atoms with Crippen LogP contribution in [0.3, 0.4) is 0 Å². The molecule has 2 atom stereocenters. The normalized spacial score (nSPS) is 18.0. The summed E-state index contributed by atoms with van der Waals surface area (Å²) in [6, 6.07) is 6.19. The zero-order valence-electron chi connectivity index (χ0n) is 19.5. The number of rotatable bonds is 9. The van der Waals surface area contributed by atoms with Crippen molar-refractivity contribution in [2.75, 3.05) is 20.6 Å². The number of nitrogens with zero attached hydrogens (tertiary/aromatic N) is 2. The molecule has 0 radical (unpaired) electrons. The number of carbonyl (C=O) groups is 3. The Balaban J connectivity index is 0.000000582. The topological polar surface area (TPSA) is 98.2 Å². The smallest absolute Gasteiger partial charge is 0.328 e. The average Bonchev–Trinajstić information content (AvgIpc) is 2.78. The van der Waals surface area contributed by atoms with Gasteiger partial charge in [0.1, 0.15) is 0 Å². The molecule has 1 aromatic carbocycles. The molecule has 0 aliphatic heterocycles. The lowest BCUT2D eigenvalue weighted by atomic mass is 9.88. The third-order valence-corrected chi connectivity index (χ3v) is 6.46. The van der Waals surface area contributed by atoms with E-state index in [0.717, 1.165) is 18.5 Å². The molecule has 0 aromatic heterocycles. The van der Waals surface area contributed by atoms with Crippen LogP contribution < -0.4 is 0 Å². The highest BCUT2D eigenvalue weighted by Crippen LogP contribution is 2.27. The van der Waals surface area contributed by atoms with Gasteiger partial charge in [-0.2, -0.15) is 0 Å². The standard InChI is InChI=1S/C20H30Cl2N2O.C4H4O4/c1-4-5-12-23(2)18-8-6-7-9-19(18)24(3)20(25)14-15-10-11-16(21)17(22)13-15;5-3(6)1-2-4(7)8/h10-11,13,18-19H,4-9,12,14H2,1-3H3;1-2H,(H,5,6)(H,7,8)/b;2-1-. The molecule has 1 aromatic rings. The SMILES string of the molecule is CCCCN(C)C1CCCCC1N(C)C(=O)Cc1ccc(Cl)c(Cl)c1.O=C(O)/C=C\C(=O)O. The molecule has 7 nitrogen and oxygen atoms in total. The first-order chi connectivity index (χ1) is 15.6.